The second-order valence-corrected chi connectivity index (χ2v) is 5.20. The van der Waals surface area contributed by atoms with Gasteiger partial charge in [0.05, 0.1) is 6.04 Å². The molecule has 19 heavy (non-hydrogen) atoms. The summed E-state index contributed by atoms with van der Waals surface area (Å²) in [5.41, 5.74) is 2.23. The summed E-state index contributed by atoms with van der Waals surface area (Å²) in [6.45, 7) is 2.13. The zero-order valence-electron chi connectivity index (χ0n) is 11.0. The first-order chi connectivity index (χ1) is 9.11. The molecule has 0 amide bonds. The minimum Gasteiger partial charge on any atom is -0.353 e. The normalized spacial score (nSPS) is 12.2. The smallest absolute Gasteiger partial charge is 0.129 e. The SMILES string of the molecule is CC(c1cccc(Cl)c1)N(C)c1cc(CCl)ccn1. The van der Waals surface area contributed by atoms with E-state index >= 15 is 0 Å². The molecule has 1 unspecified atom stereocenters. The third kappa shape index (κ3) is 3.40. The van der Waals surface area contributed by atoms with Crippen molar-refractivity contribution in [2.24, 2.45) is 0 Å². The molecule has 4 heteroatoms. The van der Waals surface area contributed by atoms with Gasteiger partial charge in [-0.2, -0.15) is 0 Å². The maximum Gasteiger partial charge on any atom is 0.129 e. The van der Waals surface area contributed by atoms with Crippen molar-refractivity contribution in [3.8, 4) is 0 Å². The molecule has 1 aromatic carbocycles. The van der Waals surface area contributed by atoms with Crippen LogP contribution in [0, 0.1) is 0 Å². The molecule has 0 spiro atoms. The number of benzene rings is 1. The number of nitrogens with zero attached hydrogens (tertiary/aromatic N) is 2. The molecule has 2 rings (SSSR count). The molecule has 0 saturated carbocycles. The number of hydrogen-bond donors (Lipinski definition) is 0. The van der Waals surface area contributed by atoms with Gasteiger partial charge >= 0.3 is 0 Å². The Morgan fingerprint density at radius 3 is 2.74 bits per heavy atom. The van der Waals surface area contributed by atoms with Crippen molar-refractivity contribution >= 4 is 29.0 Å². The van der Waals surface area contributed by atoms with Gasteiger partial charge in [-0.15, -0.1) is 11.6 Å². The van der Waals surface area contributed by atoms with E-state index in [1.54, 1.807) is 6.20 Å². The number of anilines is 1. The van der Waals surface area contributed by atoms with Crippen LogP contribution in [0.25, 0.3) is 0 Å². The zero-order valence-corrected chi connectivity index (χ0v) is 12.5. The average molecular weight is 295 g/mol. The van der Waals surface area contributed by atoms with E-state index in [1.165, 1.54) is 0 Å². The van der Waals surface area contributed by atoms with Gasteiger partial charge in [0.25, 0.3) is 0 Å². The van der Waals surface area contributed by atoms with Crippen LogP contribution in [0.1, 0.15) is 24.1 Å². The van der Waals surface area contributed by atoms with Crippen molar-refractivity contribution < 1.29 is 0 Å². The molecule has 0 aliphatic rings. The van der Waals surface area contributed by atoms with Crippen LogP contribution >= 0.6 is 23.2 Å². The molecule has 1 aromatic heterocycles. The van der Waals surface area contributed by atoms with E-state index in [2.05, 4.69) is 22.9 Å². The molecular formula is C15H16Cl2N2. The van der Waals surface area contributed by atoms with Crippen LogP contribution in [0.2, 0.25) is 5.02 Å². The summed E-state index contributed by atoms with van der Waals surface area (Å²) >= 11 is 11.9. The molecule has 0 fully saturated rings. The van der Waals surface area contributed by atoms with Gasteiger partial charge in [-0.05, 0) is 42.3 Å². The Labute approximate surface area is 124 Å². The quantitative estimate of drug-likeness (QED) is 0.762. The van der Waals surface area contributed by atoms with Crippen molar-refractivity contribution in [2.75, 3.05) is 11.9 Å². The third-order valence-electron chi connectivity index (χ3n) is 3.24. The van der Waals surface area contributed by atoms with Crippen molar-refractivity contribution in [2.45, 2.75) is 18.8 Å². The highest BCUT2D eigenvalue weighted by atomic mass is 35.5. The van der Waals surface area contributed by atoms with Crippen LogP contribution in [0.15, 0.2) is 42.6 Å². The van der Waals surface area contributed by atoms with Gasteiger partial charge in [0.1, 0.15) is 5.82 Å². The minimum absolute atomic E-state index is 0.191. The molecule has 0 aliphatic carbocycles. The van der Waals surface area contributed by atoms with E-state index in [0.29, 0.717) is 5.88 Å². The number of aromatic nitrogens is 1. The molecule has 2 aromatic rings. The van der Waals surface area contributed by atoms with Gasteiger partial charge in [-0.25, -0.2) is 4.98 Å². The van der Waals surface area contributed by atoms with E-state index in [-0.39, 0.29) is 6.04 Å². The van der Waals surface area contributed by atoms with Gasteiger partial charge in [0.2, 0.25) is 0 Å². The van der Waals surface area contributed by atoms with Crippen LogP contribution in [0.5, 0.6) is 0 Å². The number of pyridine rings is 1. The largest absolute Gasteiger partial charge is 0.353 e. The maximum absolute atomic E-state index is 6.04. The van der Waals surface area contributed by atoms with Crippen molar-refractivity contribution in [1.82, 2.24) is 4.98 Å². The first kappa shape index (κ1) is 14.2. The van der Waals surface area contributed by atoms with Gasteiger partial charge in [-0.1, -0.05) is 23.7 Å². The lowest BCUT2D eigenvalue weighted by Gasteiger charge is -2.26. The molecule has 1 atom stereocenters. The first-order valence-corrected chi connectivity index (χ1v) is 7.02. The summed E-state index contributed by atoms with van der Waals surface area (Å²) in [6, 6.07) is 12.0. The molecule has 2 nitrogen and oxygen atoms in total. The van der Waals surface area contributed by atoms with Crippen molar-refractivity contribution in [1.29, 1.82) is 0 Å². The van der Waals surface area contributed by atoms with Gasteiger partial charge in [0, 0.05) is 24.1 Å². The van der Waals surface area contributed by atoms with Crippen LogP contribution in [0.4, 0.5) is 5.82 Å². The number of hydrogen-bond acceptors (Lipinski definition) is 2. The van der Waals surface area contributed by atoms with Crippen molar-refractivity contribution in [3.05, 3.63) is 58.7 Å². The average Bonchev–Trinajstić information content (AvgIpc) is 2.45. The summed E-state index contributed by atoms with van der Waals surface area (Å²) in [5.74, 6) is 1.40. The molecule has 0 N–H and O–H groups in total. The lowest BCUT2D eigenvalue weighted by Crippen LogP contribution is -2.22. The summed E-state index contributed by atoms with van der Waals surface area (Å²) in [4.78, 5) is 6.50. The van der Waals surface area contributed by atoms with Gasteiger partial charge in [-0.3, -0.25) is 0 Å². The fourth-order valence-corrected chi connectivity index (χ4v) is 2.29. The summed E-state index contributed by atoms with van der Waals surface area (Å²) in [7, 11) is 2.02. The predicted octanol–water partition coefficient (Wildman–Crippen LogP) is 4.67. The monoisotopic (exact) mass is 294 g/mol. The van der Waals surface area contributed by atoms with Gasteiger partial charge < -0.3 is 4.90 Å². The van der Waals surface area contributed by atoms with Gasteiger partial charge in [0.15, 0.2) is 0 Å². The van der Waals surface area contributed by atoms with E-state index in [9.17, 15) is 0 Å². The third-order valence-corrected chi connectivity index (χ3v) is 3.78. The van der Waals surface area contributed by atoms with E-state index in [0.717, 1.165) is 22.0 Å². The van der Waals surface area contributed by atoms with E-state index in [1.807, 2.05) is 37.4 Å². The van der Waals surface area contributed by atoms with E-state index in [4.69, 9.17) is 23.2 Å². The summed E-state index contributed by atoms with van der Waals surface area (Å²) < 4.78 is 0. The fourth-order valence-electron chi connectivity index (χ4n) is 1.93. The van der Waals surface area contributed by atoms with Crippen molar-refractivity contribution in [3.63, 3.8) is 0 Å². The minimum atomic E-state index is 0.191. The second-order valence-electron chi connectivity index (χ2n) is 4.50. The Morgan fingerprint density at radius 1 is 1.26 bits per heavy atom. The van der Waals surface area contributed by atoms with Crippen LogP contribution < -0.4 is 4.90 Å². The van der Waals surface area contributed by atoms with E-state index < -0.39 is 0 Å². The maximum atomic E-state index is 6.04. The molecule has 0 bridgehead atoms. The molecule has 0 saturated heterocycles. The molecule has 100 valence electrons. The lowest BCUT2D eigenvalue weighted by atomic mass is 10.1. The Balaban J connectivity index is 2.25. The standard InChI is InChI=1S/C15H16Cl2N2/c1-11(13-4-3-5-14(17)9-13)19(2)15-8-12(10-16)6-7-18-15/h3-9,11H,10H2,1-2H3. The Kier molecular flexibility index (Phi) is 4.67. The second kappa shape index (κ2) is 6.27. The Morgan fingerprint density at radius 2 is 2.05 bits per heavy atom. The fraction of sp³-hybridized carbons (Fsp3) is 0.267. The highest BCUT2D eigenvalue weighted by molar-refractivity contribution is 6.30. The number of halogens is 2. The molecular weight excluding hydrogens is 279 g/mol. The highest BCUT2D eigenvalue weighted by Gasteiger charge is 2.13. The molecule has 0 radical (unpaired) electrons. The molecule has 0 aliphatic heterocycles. The zero-order chi connectivity index (χ0) is 13.8. The Bertz CT molecular complexity index is 557. The van der Waals surface area contributed by atoms with Crippen LogP contribution in [-0.4, -0.2) is 12.0 Å². The number of alkyl halides is 1. The van der Waals surface area contributed by atoms with Crippen LogP contribution in [-0.2, 0) is 5.88 Å². The first-order valence-electron chi connectivity index (χ1n) is 6.11. The topological polar surface area (TPSA) is 16.1 Å². The Hall–Kier alpha value is -1.25. The van der Waals surface area contributed by atoms with Crippen LogP contribution in [0.3, 0.4) is 0 Å². The predicted molar refractivity (Wildman–Crippen MR) is 82.1 cm³/mol. The molecule has 1 heterocycles. The number of rotatable bonds is 4. The highest BCUT2D eigenvalue weighted by Crippen LogP contribution is 2.26. The summed E-state index contributed by atoms with van der Waals surface area (Å²) in [6.07, 6.45) is 1.79. The lowest BCUT2D eigenvalue weighted by molar-refractivity contribution is 0.728. The summed E-state index contributed by atoms with van der Waals surface area (Å²) in [5, 5.41) is 0.750.